The van der Waals surface area contributed by atoms with Crippen molar-refractivity contribution in [2.75, 3.05) is 23.6 Å². The summed E-state index contributed by atoms with van der Waals surface area (Å²) in [6.45, 7) is 2.56. The Hall–Kier alpha value is -4.06. The number of nitrogens with zero attached hydrogens (tertiary/aromatic N) is 5. The molecule has 10 nitrogen and oxygen atoms in total. The molecule has 0 spiro atoms. The van der Waals surface area contributed by atoms with Gasteiger partial charge < -0.3 is 10.2 Å². The molecule has 0 radical (unpaired) electrons. The van der Waals surface area contributed by atoms with Gasteiger partial charge in [-0.3, -0.25) is 19.2 Å². The highest BCUT2D eigenvalue weighted by Crippen LogP contribution is 2.35. The van der Waals surface area contributed by atoms with E-state index in [9.17, 15) is 13.2 Å². The topological polar surface area (TPSA) is 122 Å². The minimum Gasteiger partial charge on any atom is -0.344 e. The summed E-state index contributed by atoms with van der Waals surface area (Å²) in [6, 6.07) is 6.81. The van der Waals surface area contributed by atoms with E-state index < -0.39 is 15.8 Å². The Labute approximate surface area is 218 Å². The third-order valence-electron chi connectivity index (χ3n) is 7.06. The Morgan fingerprint density at radius 1 is 1.03 bits per heavy atom. The molecule has 1 aromatic carbocycles. The van der Waals surface area contributed by atoms with E-state index in [0.717, 1.165) is 11.1 Å². The van der Waals surface area contributed by atoms with Gasteiger partial charge >= 0.3 is 0 Å². The maximum atomic E-state index is 15.2. The fourth-order valence-corrected chi connectivity index (χ4v) is 6.03. The van der Waals surface area contributed by atoms with E-state index in [1.165, 1.54) is 18.5 Å². The molecule has 2 N–H and O–H groups in total. The summed E-state index contributed by atoms with van der Waals surface area (Å²) in [7, 11) is -1.70. The first-order valence-electron chi connectivity index (χ1n) is 12.3. The van der Waals surface area contributed by atoms with Crippen LogP contribution in [0.4, 0.5) is 21.7 Å². The second kappa shape index (κ2) is 9.05. The first-order valence-corrected chi connectivity index (χ1v) is 13.9. The van der Waals surface area contributed by atoms with E-state index >= 15 is 4.39 Å². The van der Waals surface area contributed by atoms with Gasteiger partial charge in [0.05, 0.1) is 17.1 Å². The summed E-state index contributed by atoms with van der Waals surface area (Å²) in [4.78, 5) is 22.4. The molecule has 38 heavy (non-hydrogen) atoms. The molecule has 0 bridgehead atoms. The third-order valence-corrected chi connectivity index (χ3v) is 8.92. The molecule has 4 aromatic rings. The minimum absolute atomic E-state index is 0.00553. The number of sulfonamides is 1. The Morgan fingerprint density at radius 2 is 1.84 bits per heavy atom. The molecule has 196 valence electrons. The number of amides is 1. The van der Waals surface area contributed by atoms with Crippen LogP contribution in [-0.2, 0) is 27.8 Å². The van der Waals surface area contributed by atoms with Crippen molar-refractivity contribution in [3.05, 3.63) is 59.9 Å². The van der Waals surface area contributed by atoms with E-state index in [1.54, 1.807) is 41.9 Å². The van der Waals surface area contributed by atoms with Gasteiger partial charge in [-0.2, -0.15) is 5.10 Å². The Kier molecular flexibility index (Phi) is 5.78. The fourth-order valence-electron chi connectivity index (χ4n) is 4.60. The highest BCUT2D eigenvalue weighted by atomic mass is 32.2. The molecule has 1 amide bonds. The Bertz CT molecular complexity index is 1700. The number of hydrogen-bond donors (Lipinski definition) is 2. The second-order valence-corrected chi connectivity index (χ2v) is 11.8. The number of anilines is 3. The Balaban J connectivity index is 1.31. The average Bonchev–Trinajstić information content (AvgIpc) is 3.69. The lowest BCUT2D eigenvalue weighted by molar-refractivity contribution is -0.130. The molecule has 1 aliphatic carbocycles. The van der Waals surface area contributed by atoms with Crippen LogP contribution in [0.2, 0.25) is 0 Å². The molecule has 3 aromatic heterocycles. The van der Waals surface area contributed by atoms with E-state index in [4.69, 9.17) is 0 Å². The number of nitrogens with one attached hydrogen (secondary N) is 2. The molecule has 2 aliphatic rings. The lowest BCUT2D eigenvalue weighted by atomic mass is 9.98. The number of rotatable bonds is 6. The van der Waals surface area contributed by atoms with E-state index in [-0.39, 0.29) is 17.7 Å². The van der Waals surface area contributed by atoms with Gasteiger partial charge in [0.15, 0.2) is 5.82 Å². The normalized spacial score (nSPS) is 15.9. The van der Waals surface area contributed by atoms with Crippen molar-refractivity contribution in [1.29, 1.82) is 0 Å². The van der Waals surface area contributed by atoms with Crippen LogP contribution in [0, 0.1) is 12.7 Å². The number of carbonyl (C=O) groups is 1. The lowest BCUT2D eigenvalue weighted by Gasteiger charge is -2.14. The van der Waals surface area contributed by atoms with Gasteiger partial charge in [-0.25, -0.2) is 17.8 Å². The number of likely N-dealkylation sites (N-methyl/N-ethyl adjacent to an activating group) is 1. The van der Waals surface area contributed by atoms with Crippen LogP contribution in [0.3, 0.4) is 0 Å². The highest BCUT2D eigenvalue weighted by Gasteiger charge is 2.36. The van der Waals surface area contributed by atoms with Crippen molar-refractivity contribution in [3.63, 3.8) is 0 Å². The zero-order valence-electron chi connectivity index (χ0n) is 20.9. The van der Waals surface area contributed by atoms with Crippen LogP contribution in [0.5, 0.6) is 0 Å². The molecule has 1 aliphatic heterocycles. The monoisotopic (exact) mass is 535 g/mol. The van der Waals surface area contributed by atoms with Crippen molar-refractivity contribution in [1.82, 2.24) is 24.6 Å². The zero-order valence-corrected chi connectivity index (χ0v) is 21.7. The molecular formula is C26H26FN7O3S. The molecule has 0 unspecified atom stereocenters. The van der Waals surface area contributed by atoms with Crippen LogP contribution in [0.15, 0.2) is 42.9 Å². The van der Waals surface area contributed by atoms with Crippen LogP contribution in [-0.4, -0.2) is 57.8 Å². The largest absolute Gasteiger partial charge is 0.344 e. The van der Waals surface area contributed by atoms with Gasteiger partial charge in [-0.1, -0.05) is 0 Å². The van der Waals surface area contributed by atoms with E-state index in [1.807, 2.05) is 6.07 Å². The number of halogens is 1. The van der Waals surface area contributed by atoms with Gasteiger partial charge in [0.1, 0.15) is 18.2 Å². The summed E-state index contributed by atoms with van der Waals surface area (Å²) in [5.41, 5.74) is 2.70. The third kappa shape index (κ3) is 4.55. The van der Waals surface area contributed by atoms with Crippen molar-refractivity contribution in [2.45, 2.75) is 38.0 Å². The summed E-state index contributed by atoms with van der Waals surface area (Å²) in [5, 5.41) is 8.66. The molecule has 1 saturated carbocycles. The highest BCUT2D eigenvalue weighted by molar-refractivity contribution is 7.93. The van der Waals surface area contributed by atoms with Gasteiger partial charge in [0.2, 0.25) is 15.9 Å². The van der Waals surface area contributed by atoms with Crippen molar-refractivity contribution in [3.8, 4) is 11.1 Å². The average molecular weight is 536 g/mol. The molecular weight excluding hydrogens is 509 g/mol. The Morgan fingerprint density at radius 3 is 2.63 bits per heavy atom. The number of hydrogen-bond acceptors (Lipinski definition) is 7. The molecule has 6 rings (SSSR count). The quantitative estimate of drug-likeness (QED) is 0.387. The maximum absolute atomic E-state index is 15.2. The van der Waals surface area contributed by atoms with Crippen molar-refractivity contribution < 1.29 is 17.6 Å². The van der Waals surface area contributed by atoms with Gasteiger partial charge in [0, 0.05) is 60.7 Å². The number of carbonyl (C=O) groups excluding carboxylic acids is 1. The van der Waals surface area contributed by atoms with Crippen LogP contribution < -0.4 is 10.0 Å². The number of fused-ring (bicyclic) bond motifs is 2. The SMILES string of the molecule is Cc1c(NS(=O)(=O)C2CC2)cncc1-c1cc2cc(Nc3cc4n(n3)CC(=O)N(C)CC4)ncc2cc1F. The zero-order chi connectivity index (χ0) is 26.6. The second-order valence-electron chi connectivity index (χ2n) is 9.82. The van der Waals surface area contributed by atoms with Crippen LogP contribution in [0.1, 0.15) is 24.1 Å². The molecule has 0 saturated heterocycles. The van der Waals surface area contributed by atoms with Gasteiger partial charge in [-0.15, -0.1) is 0 Å². The molecule has 4 heterocycles. The summed E-state index contributed by atoms with van der Waals surface area (Å²) in [6.07, 6.45) is 6.54. The number of aromatic nitrogens is 4. The van der Waals surface area contributed by atoms with Crippen LogP contribution in [0.25, 0.3) is 21.9 Å². The summed E-state index contributed by atoms with van der Waals surface area (Å²) in [5.74, 6) is 0.639. The van der Waals surface area contributed by atoms with Gasteiger partial charge in [0.25, 0.3) is 0 Å². The predicted octanol–water partition coefficient (Wildman–Crippen LogP) is 3.60. The standard InChI is InChI=1S/C26H26FN7O3S/c1-15-21(12-28-13-23(15)32-38(36,37)19-3-4-19)20-7-16-9-24(29-11-17(16)8-22(20)27)30-25-10-18-5-6-33(2)26(35)14-34(18)31-25/h7-13,19,32H,3-6,14H2,1-2H3,(H,29,30,31). The maximum Gasteiger partial charge on any atom is 0.244 e. The smallest absolute Gasteiger partial charge is 0.244 e. The molecule has 12 heteroatoms. The first kappa shape index (κ1) is 24.3. The first-order chi connectivity index (χ1) is 18.2. The summed E-state index contributed by atoms with van der Waals surface area (Å²) >= 11 is 0. The number of benzene rings is 1. The molecule has 0 atom stereocenters. The van der Waals surface area contributed by atoms with Gasteiger partial charge in [-0.05, 0) is 48.9 Å². The van der Waals surface area contributed by atoms with E-state index in [2.05, 4.69) is 25.1 Å². The van der Waals surface area contributed by atoms with Crippen molar-refractivity contribution in [2.24, 2.45) is 0 Å². The molecule has 1 fully saturated rings. The lowest BCUT2D eigenvalue weighted by Crippen LogP contribution is -2.29. The minimum atomic E-state index is -3.48. The van der Waals surface area contributed by atoms with Crippen molar-refractivity contribution >= 4 is 44.0 Å². The number of pyridine rings is 2. The predicted molar refractivity (Wildman–Crippen MR) is 142 cm³/mol. The van der Waals surface area contributed by atoms with E-state index in [0.29, 0.717) is 65.2 Å². The van der Waals surface area contributed by atoms with Crippen LogP contribution >= 0.6 is 0 Å². The summed E-state index contributed by atoms with van der Waals surface area (Å²) < 4.78 is 44.4. The fraction of sp³-hybridized carbons (Fsp3) is 0.308.